The largest absolute Gasteiger partial charge is 0.469 e. The van der Waals surface area contributed by atoms with E-state index < -0.39 is 11.8 Å². The van der Waals surface area contributed by atoms with E-state index in [1.54, 1.807) is 12.1 Å². The molecule has 3 rings (SSSR count). The highest BCUT2D eigenvalue weighted by Crippen LogP contribution is 2.35. The van der Waals surface area contributed by atoms with E-state index >= 15 is 0 Å². The molecule has 0 bridgehead atoms. The smallest absolute Gasteiger partial charge is 0.310 e. The normalized spacial score (nSPS) is 15.2. The zero-order valence-electron chi connectivity index (χ0n) is 14.5. The minimum Gasteiger partial charge on any atom is -0.469 e. The summed E-state index contributed by atoms with van der Waals surface area (Å²) >= 11 is 9.60. The van der Waals surface area contributed by atoms with Gasteiger partial charge in [0.05, 0.1) is 24.2 Å². The molecular formula is C20H20BrClFNO2. The molecule has 26 heavy (non-hydrogen) atoms. The Morgan fingerprint density at radius 2 is 1.88 bits per heavy atom. The first-order valence-corrected chi connectivity index (χ1v) is 9.70. The van der Waals surface area contributed by atoms with Gasteiger partial charge < -0.3 is 9.64 Å². The summed E-state index contributed by atoms with van der Waals surface area (Å²) in [6, 6.07) is 11.8. The van der Waals surface area contributed by atoms with Crippen LogP contribution < -0.4 is 4.90 Å². The molecule has 1 fully saturated rings. The lowest BCUT2D eigenvalue weighted by molar-refractivity contribution is -0.139. The Balaban J connectivity index is 1.70. The number of hydrogen-bond donors (Lipinski definition) is 0. The highest BCUT2D eigenvalue weighted by molar-refractivity contribution is 9.10. The van der Waals surface area contributed by atoms with Crippen LogP contribution in [0.2, 0.25) is 5.02 Å². The number of hydrogen-bond acceptors (Lipinski definition) is 3. The molecule has 1 saturated heterocycles. The van der Waals surface area contributed by atoms with Crippen molar-refractivity contribution in [2.75, 3.05) is 25.1 Å². The third-order valence-electron chi connectivity index (χ3n) is 4.88. The van der Waals surface area contributed by atoms with Gasteiger partial charge in [-0.05, 0) is 48.1 Å². The SMILES string of the molecule is COC(=O)Cc1ccc(N2CCC(c3ccc(Br)cc3)CC2)c(F)c1Cl. The molecule has 6 heteroatoms. The number of carbonyl (C=O) groups excluding carboxylic acids is 1. The van der Waals surface area contributed by atoms with E-state index in [0.717, 1.165) is 30.4 Å². The lowest BCUT2D eigenvalue weighted by Crippen LogP contribution is -2.33. The topological polar surface area (TPSA) is 29.5 Å². The number of esters is 1. The standard InChI is InChI=1S/C20H20BrClFNO2/c1-26-18(25)12-15-4-7-17(20(23)19(15)22)24-10-8-14(9-11-24)13-2-5-16(21)6-3-13/h2-7,14H,8-12H2,1H3. The van der Waals surface area contributed by atoms with E-state index in [9.17, 15) is 9.18 Å². The van der Waals surface area contributed by atoms with Gasteiger partial charge in [-0.1, -0.05) is 45.7 Å². The molecule has 2 aromatic rings. The number of ether oxygens (including phenoxy) is 1. The first-order valence-electron chi connectivity index (χ1n) is 8.53. The van der Waals surface area contributed by atoms with Crippen LogP contribution in [-0.2, 0) is 16.0 Å². The minimum absolute atomic E-state index is 0.00272. The fraction of sp³-hybridized carbons (Fsp3) is 0.350. The van der Waals surface area contributed by atoms with E-state index in [1.165, 1.54) is 12.7 Å². The zero-order valence-corrected chi connectivity index (χ0v) is 16.8. The summed E-state index contributed by atoms with van der Waals surface area (Å²) in [4.78, 5) is 13.4. The predicted molar refractivity (Wildman–Crippen MR) is 105 cm³/mol. The first kappa shape index (κ1) is 19.2. The molecule has 0 aliphatic carbocycles. The molecule has 138 valence electrons. The third-order valence-corrected chi connectivity index (χ3v) is 5.82. The molecule has 0 atom stereocenters. The second-order valence-electron chi connectivity index (χ2n) is 6.44. The maximum atomic E-state index is 14.7. The Bertz CT molecular complexity index is 789. The Labute approximate surface area is 166 Å². The van der Waals surface area contributed by atoms with Crippen molar-refractivity contribution in [2.45, 2.75) is 25.2 Å². The van der Waals surface area contributed by atoms with Gasteiger partial charge in [0.25, 0.3) is 0 Å². The van der Waals surface area contributed by atoms with Crippen LogP contribution in [0.25, 0.3) is 0 Å². The number of methoxy groups -OCH3 is 1. The van der Waals surface area contributed by atoms with Crippen LogP contribution in [-0.4, -0.2) is 26.2 Å². The van der Waals surface area contributed by atoms with E-state index in [4.69, 9.17) is 11.6 Å². The van der Waals surface area contributed by atoms with Crippen molar-refractivity contribution in [3.05, 3.63) is 62.8 Å². The molecule has 0 spiro atoms. The Morgan fingerprint density at radius 3 is 2.50 bits per heavy atom. The van der Waals surface area contributed by atoms with E-state index in [-0.39, 0.29) is 11.4 Å². The van der Waals surface area contributed by atoms with Crippen LogP contribution in [0, 0.1) is 5.82 Å². The van der Waals surface area contributed by atoms with Crippen molar-refractivity contribution in [1.29, 1.82) is 0 Å². The Morgan fingerprint density at radius 1 is 1.23 bits per heavy atom. The first-order chi connectivity index (χ1) is 12.5. The van der Waals surface area contributed by atoms with Crippen LogP contribution in [0.1, 0.15) is 29.9 Å². The summed E-state index contributed by atoms with van der Waals surface area (Å²) in [5, 5.41) is 0.00272. The van der Waals surface area contributed by atoms with Crippen LogP contribution in [0.15, 0.2) is 40.9 Å². The third kappa shape index (κ3) is 4.21. The average Bonchev–Trinajstić information content (AvgIpc) is 2.66. The van der Waals surface area contributed by atoms with Gasteiger partial charge >= 0.3 is 5.97 Å². The fourth-order valence-electron chi connectivity index (χ4n) is 3.38. The second kappa shape index (κ2) is 8.40. The van der Waals surface area contributed by atoms with Gasteiger partial charge in [-0.2, -0.15) is 0 Å². The molecule has 2 aromatic carbocycles. The molecule has 1 aliphatic rings. The van der Waals surface area contributed by atoms with Crippen LogP contribution in [0.5, 0.6) is 0 Å². The Kier molecular flexibility index (Phi) is 6.20. The van der Waals surface area contributed by atoms with Crippen molar-refractivity contribution in [1.82, 2.24) is 0 Å². The number of rotatable bonds is 4. The highest BCUT2D eigenvalue weighted by atomic mass is 79.9. The van der Waals surface area contributed by atoms with Gasteiger partial charge in [0.1, 0.15) is 0 Å². The number of benzene rings is 2. The quantitative estimate of drug-likeness (QED) is 0.601. The van der Waals surface area contributed by atoms with Gasteiger partial charge in [0.15, 0.2) is 5.82 Å². The summed E-state index contributed by atoms with van der Waals surface area (Å²) in [6.45, 7) is 1.54. The van der Waals surface area contributed by atoms with Crippen LogP contribution >= 0.6 is 27.5 Å². The van der Waals surface area contributed by atoms with Crippen molar-refractivity contribution >= 4 is 39.2 Å². The second-order valence-corrected chi connectivity index (χ2v) is 7.73. The molecule has 0 amide bonds. The van der Waals surface area contributed by atoms with E-state index in [0.29, 0.717) is 17.2 Å². The zero-order chi connectivity index (χ0) is 18.7. The van der Waals surface area contributed by atoms with Gasteiger partial charge in [0.2, 0.25) is 0 Å². The van der Waals surface area contributed by atoms with Crippen molar-refractivity contribution in [3.8, 4) is 0 Å². The number of halogens is 3. The maximum Gasteiger partial charge on any atom is 0.310 e. The number of carbonyl (C=O) groups is 1. The number of piperidine rings is 1. The van der Waals surface area contributed by atoms with Crippen molar-refractivity contribution in [3.63, 3.8) is 0 Å². The molecule has 0 saturated carbocycles. The van der Waals surface area contributed by atoms with Gasteiger partial charge in [-0.3, -0.25) is 4.79 Å². The molecule has 3 nitrogen and oxygen atoms in total. The lowest BCUT2D eigenvalue weighted by atomic mass is 9.89. The minimum atomic E-state index is -0.463. The van der Waals surface area contributed by atoms with Crippen LogP contribution in [0.3, 0.4) is 0 Å². The van der Waals surface area contributed by atoms with Gasteiger partial charge in [-0.25, -0.2) is 4.39 Å². The molecular weight excluding hydrogens is 421 g/mol. The summed E-state index contributed by atoms with van der Waals surface area (Å²) in [5.41, 5.74) is 2.27. The van der Waals surface area contributed by atoms with Crippen molar-refractivity contribution in [2.24, 2.45) is 0 Å². The average molecular weight is 441 g/mol. The molecule has 1 heterocycles. The van der Waals surface area contributed by atoms with Gasteiger partial charge in [-0.15, -0.1) is 0 Å². The predicted octanol–water partition coefficient (Wildman–Crippen LogP) is 5.34. The van der Waals surface area contributed by atoms with Crippen LogP contribution in [0.4, 0.5) is 10.1 Å². The summed E-state index contributed by atoms with van der Waals surface area (Å²) in [7, 11) is 1.30. The fourth-order valence-corrected chi connectivity index (χ4v) is 3.87. The molecule has 1 aliphatic heterocycles. The molecule has 0 radical (unpaired) electrons. The molecule has 0 N–H and O–H groups in total. The number of nitrogens with zero attached hydrogens (tertiary/aromatic N) is 1. The molecule has 0 aromatic heterocycles. The summed E-state index contributed by atoms with van der Waals surface area (Å²) in [6.07, 6.45) is 1.89. The summed E-state index contributed by atoms with van der Waals surface area (Å²) in [5.74, 6) is -0.416. The monoisotopic (exact) mass is 439 g/mol. The number of anilines is 1. The maximum absolute atomic E-state index is 14.7. The van der Waals surface area contributed by atoms with Gasteiger partial charge in [0, 0.05) is 17.6 Å². The molecule has 0 unspecified atom stereocenters. The van der Waals surface area contributed by atoms with Crippen molar-refractivity contribution < 1.29 is 13.9 Å². The van der Waals surface area contributed by atoms with E-state index in [1.807, 2.05) is 4.90 Å². The Hall–Kier alpha value is -1.59. The highest BCUT2D eigenvalue weighted by Gasteiger charge is 2.24. The van der Waals surface area contributed by atoms with E-state index in [2.05, 4.69) is 44.9 Å². The summed E-state index contributed by atoms with van der Waals surface area (Å²) < 4.78 is 20.4. The lowest BCUT2D eigenvalue weighted by Gasteiger charge is -2.34.